The summed E-state index contributed by atoms with van der Waals surface area (Å²) in [6.45, 7) is 4.00. The summed E-state index contributed by atoms with van der Waals surface area (Å²) < 4.78 is 5.28. The molecule has 0 aliphatic carbocycles. The number of imidazole rings is 1. The van der Waals surface area contributed by atoms with Crippen LogP contribution in [0.15, 0.2) is 30.7 Å². The highest BCUT2D eigenvalue weighted by Crippen LogP contribution is 2.27. The van der Waals surface area contributed by atoms with Gasteiger partial charge in [0.25, 0.3) is 0 Å². The number of methoxy groups -OCH3 is 1. The number of ketones is 1. The van der Waals surface area contributed by atoms with Crippen molar-refractivity contribution < 1.29 is 9.53 Å². The zero-order valence-corrected chi connectivity index (χ0v) is 12.6. The summed E-state index contributed by atoms with van der Waals surface area (Å²) in [5.41, 5.74) is 3.46. The number of H-pyrrole nitrogens is 1. The number of aromatic nitrogens is 2. The molecule has 0 atom stereocenters. The third-order valence-electron chi connectivity index (χ3n) is 3.33. The second-order valence-electron chi connectivity index (χ2n) is 4.92. The average Bonchev–Trinajstić information content (AvgIpc) is 2.99. The number of allylic oxidation sites excluding steroid dienone is 1. The van der Waals surface area contributed by atoms with Gasteiger partial charge in [0.15, 0.2) is 5.78 Å². The number of hydrogen-bond donors (Lipinski definition) is 1. The molecule has 0 saturated heterocycles. The molecular formula is C17H20N2O2. The van der Waals surface area contributed by atoms with Crippen molar-refractivity contribution in [2.24, 2.45) is 0 Å². The molecule has 0 aliphatic heterocycles. The van der Waals surface area contributed by atoms with E-state index in [2.05, 4.69) is 9.97 Å². The molecule has 0 bridgehead atoms. The van der Waals surface area contributed by atoms with Crippen LogP contribution in [0, 0.1) is 6.92 Å². The van der Waals surface area contributed by atoms with Crippen molar-refractivity contribution in [1.29, 1.82) is 0 Å². The van der Waals surface area contributed by atoms with Gasteiger partial charge >= 0.3 is 0 Å². The van der Waals surface area contributed by atoms with E-state index in [1.165, 1.54) is 0 Å². The molecule has 1 aromatic carbocycles. The molecule has 0 saturated carbocycles. The summed E-state index contributed by atoms with van der Waals surface area (Å²) >= 11 is 0. The van der Waals surface area contributed by atoms with Crippen LogP contribution in [0.4, 0.5) is 0 Å². The first kappa shape index (κ1) is 15.0. The van der Waals surface area contributed by atoms with Gasteiger partial charge in [0.1, 0.15) is 5.75 Å². The Morgan fingerprint density at radius 3 is 2.86 bits per heavy atom. The maximum atomic E-state index is 12.5. The Kier molecular flexibility index (Phi) is 4.93. The van der Waals surface area contributed by atoms with Crippen molar-refractivity contribution in [3.05, 3.63) is 47.5 Å². The number of Topliss-reactive ketones (excluding diaryl/α,β-unsaturated/α-hetero) is 1. The summed E-state index contributed by atoms with van der Waals surface area (Å²) in [5.74, 6) is 0.874. The molecule has 1 heterocycles. The Balaban J connectivity index is 2.52. The van der Waals surface area contributed by atoms with Gasteiger partial charge in [0.05, 0.1) is 25.3 Å². The third-order valence-corrected chi connectivity index (χ3v) is 3.33. The molecule has 1 N–H and O–H groups in total. The fourth-order valence-corrected chi connectivity index (χ4v) is 2.19. The van der Waals surface area contributed by atoms with Gasteiger partial charge in [-0.25, -0.2) is 4.98 Å². The SMILES string of the molecule is CCCC(=O)/C(=C\c1cnc[nH]1)c1cc(OC)ccc1C. The van der Waals surface area contributed by atoms with E-state index in [-0.39, 0.29) is 5.78 Å². The van der Waals surface area contributed by atoms with Crippen LogP contribution in [0.1, 0.15) is 36.6 Å². The number of ether oxygens (including phenoxy) is 1. The molecule has 4 heteroatoms. The Hall–Kier alpha value is -2.36. The van der Waals surface area contributed by atoms with E-state index >= 15 is 0 Å². The predicted molar refractivity (Wildman–Crippen MR) is 84.1 cm³/mol. The number of benzene rings is 1. The number of carbonyl (C=O) groups is 1. The molecule has 2 rings (SSSR count). The van der Waals surface area contributed by atoms with Crippen LogP contribution in [-0.4, -0.2) is 22.9 Å². The maximum Gasteiger partial charge on any atom is 0.163 e. The summed E-state index contributed by atoms with van der Waals surface area (Å²) in [5, 5.41) is 0. The second kappa shape index (κ2) is 6.88. The molecule has 21 heavy (non-hydrogen) atoms. The lowest BCUT2D eigenvalue weighted by Crippen LogP contribution is -2.03. The van der Waals surface area contributed by atoms with E-state index in [1.54, 1.807) is 19.6 Å². The molecule has 0 radical (unpaired) electrons. The highest BCUT2D eigenvalue weighted by Gasteiger charge is 2.15. The van der Waals surface area contributed by atoms with Crippen LogP contribution in [0.25, 0.3) is 11.6 Å². The molecule has 1 aromatic heterocycles. The van der Waals surface area contributed by atoms with E-state index < -0.39 is 0 Å². The van der Waals surface area contributed by atoms with Crippen LogP contribution < -0.4 is 4.74 Å². The number of aryl methyl sites for hydroxylation is 1. The minimum Gasteiger partial charge on any atom is -0.497 e. The number of carbonyl (C=O) groups excluding carboxylic acids is 1. The second-order valence-corrected chi connectivity index (χ2v) is 4.92. The van der Waals surface area contributed by atoms with Crippen LogP contribution in [0.3, 0.4) is 0 Å². The number of rotatable bonds is 6. The summed E-state index contributed by atoms with van der Waals surface area (Å²) in [6, 6.07) is 5.77. The van der Waals surface area contributed by atoms with Crippen molar-refractivity contribution in [2.45, 2.75) is 26.7 Å². The van der Waals surface area contributed by atoms with Crippen LogP contribution >= 0.6 is 0 Å². The Bertz CT molecular complexity index is 643. The molecule has 4 nitrogen and oxygen atoms in total. The fourth-order valence-electron chi connectivity index (χ4n) is 2.19. The number of nitrogens with one attached hydrogen (secondary N) is 1. The van der Waals surface area contributed by atoms with E-state index in [0.717, 1.165) is 29.0 Å². The highest BCUT2D eigenvalue weighted by molar-refractivity contribution is 6.25. The van der Waals surface area contributed by atoms with Crippen molar-refractivity contribution in [3.63, 3.8) is 0 Å². The van der Waals surface area contributed by atoms with Gasteiger partial charge in [-0.2, -0.15) is 0 Å². The lowest BCUT2D eigenvalue weighted by molar-refractivity contribution is -0.113. The van der Waals surface area contributed by atoms with Gasteiger partial charge < -0.3 is 9.72 Å². The summed E-state index contributed by atoms with van der Waals surface area (Å²) in [4.78, 5) is 19.5. The van der Waals surface area contributed by atoms with Gasteiger partial charge in [-0.15, -0.1) is 0 Å². The first-order valence-electron chi connectivity index (χ1n) is 7.04. The van der Waals surface area contributed by atoms with E-state index in [9.17, 15) is 4.79 Å². The molecule has 0 unspecified atom stereocenters. The van der Waals surface area contributed by atoms with E-state index in [0.29, 0.717) is 12.0 Å². The monoisotopic (exact) mass is 284 g/mol. The smallest absolute Gasteiger partial charge is 0.163 e. The summed E-state index contributed by atoms with van der Waals surface area (Å²) in [6.07, 6.45) is 6.51. The molecule has 0 spiro atoms. The minimum absolute atomic E-state index is 0.128. The lowest BCUT2D eigenvalue weighted by atomic mass is 9.94. The minimum atomic E-state index is 0.128. The molecule has 0 aliphatic rings. The summed E-state index contributed by atoms with van der Waals surface area (Å²) in [7, 11) is 1.63. The van der Waals surface area contributed by atoms with Crippen LogP contribution in [-0.2, 0) is 4.79 Å². The molecule has 0 fully saturated rings. The van der Waals surface area contributed by atoms with Crippen molar-refractivity contribution in [1.82, 2.24) is 9.97 Å². The normalized spacial score (nSPS) is 11.5. The highest BCUT2D eigenvalue weighted by atomic mass is 16.5. The predicted octanol–water partition coefficient (Wildman–Crippen LogP) is 3.64. The molecule has 2 aromatic rings. The van der Waals surface area contributed by atoms with Crippen molar-refractivity contribution in [2.75, 3.05) is 7.11 Å². The Labute approximate surface area is 124 Å². The van der Waals surface area contributed by atoms with Gasteiger partial charge in [-0.05, 0) is 42.7 Å². The zero-order valence-electron chi connectivity index (χ0n) is 12.6. The fraction of sp³-hybridized carbons (Fsp3) is 0.294. The van der Waals surface area contributed by atoms with Gasteiger partial charge in [-0.1, -0.05) is 13.0 Å². The standard InChI is InChI=1S/C17H20N2O2/c1-4-5-17(20)16(8-13-10-18-11-19-13)15-9-14(21-3)7-6-12(15)2/h6-11H,4-5H2,1-3H3,(H,18,19)/b16-8-. The Morgan fingerprint density at radius 2 is 2.24 bits per heavy atom. The zero-order chi connectivity index (χ0) is 15.2. The maximum absolute atomic E-state index is 12.5. The lowest BCUT2D eigenvalue weighted by Gasteiger charge is -2.11. The quantitative estimate of drug-likeness (QED) is 0.824. The molecule has 110 valence electrons. The number of nitrogens with zero attached hydrogens (tertiary/aromatic N) is 1. The first-order valence-corrected chi connectivity index (χ1v) is 7.04. The molecular weight excluding hydrogens is 264 g/mol. The van der Waals surface area contributed by atoms with Crippen LogP contribution in [0.2, 0.25) is 0 Å². The first-order chi connectivity index (χ1) is 10.2. The van der Waals surface area contributed by atoms with Crippen molar-refractivity contribution in [3.8, 4) is 5.75 Å². The Morgan fingerprint density at radius 1 is 1.43 bits per heavy atom. The van der Waals surface area contributed by atoms with E-state index in [1.807, 2.05) is 38.1 Å². The largest absolute Gasteiger partial charge is 0.497 e. The van der Waals surface area contributed by atoms with Crippen LogP contribution in [0.5, 0.6) is 5.75 Å². The van der Waals surface area contributed by atoms with Crippen molar-refractivity contribution >= 4 is 17.4 Å². The van der Waals surface area contributed by atoms with E-state index in [4.69, 9.17) is 4.74 Å². The van der Waals surface area contributed by atoms with Gasteiger partial charge in [0.2, 0.25) is 0 Å². The third kappa shape index (κ3) is 3.60. The topological polar surface area (TPSA) is 55.0 Å². The number of aromatic amines is 1. The number of hydrogen-bond acceptors (Lipinski definition) is 3. The average molecular weight is 284 g/mol. The molecule has 0 amide bonds. The van der Waals surface area contributed by atoms with Gasteiger partial charge in [0, 0.05) is 12.0 Å². The van der Waals surface area contributed by atoms with Gasteiger partial charge in [-0.3, -0.25) is 4.79 Å².